The van der Waals surface area contributed by atoms with Gasteiger partial charge in [0.15, 0.2) is 0 Å². The summed E-state index contributed by atoms with van der Waals surface area (Å²) in [5, 5.41) is 17.0. The molecule has 3 aromatic rings. The van der Waals surface area contributed by atoms with E-state index in [1.54, 1.807) is 42.5 Å². The highest BCUT2D eigenvalue weighted by Gasteiger charge is 2.15. The number of urea groups is 1. The van der Waals surface area contributed by atoms with Crippen molar-refractivity contribution in [1.82, 2.24) is 10.2 Å². The monoisotopic (exact) mass is 455 g/mol. The number of amides is 3. The van der Waals surface area contributed by atoms with Crippen LogP contribution in [0.15, 0.2) is 66.7 Å². The van der Waals surface area contributed by atoms with Crippen molar-refractivity contribution in [1.29, 1.82) is 5.26 Å². The number of nitrogens with one attached hydrogen (secondary N) is 3. The molecule has 0 saturated heterocycles. The number of benzene rings is 3. The number of anilines is 2. The number of ether oxygens (including phenoxy) is 1. The van der Waals surface area contributed by atoms with Gasteiger partial charge in [-0.15, -0.1) is 0 Å². The SMILES string of the molecule is CN1CCc2ccc(OC(=O)Nc3cccc(CNC(=O)Nc4ccc(C#N)cc4)c3)cc2C1. The first kappa shape index (κ1) is 22.8. The molecule has 1 aliphatic rings. The second kappa shape index (κ2) is 10.5. The number of carbonyl (C=O) groups is 2. The van der Waals surface area contributed by atoms with Crippen LogP contribution in [0.5, 0.6) is 5.75 Å². The summed E-state index contributed by atoms with van der Waals surface area (Å²) in [6, 6.07) is 21.1. The third-order valence-corrected chi connectivity index (χ3v) is 5.49. The summed E-state index contributed by atoms with van der Waals surface area (Å²) in [6.45, 7) is 2.13. The minimum atomic E-state index is -0.576. The number of hydrogen-bond donors (Lipinski definition) is 3. The number of hydrogen-bond acceptors (Lipinski definition) is 5. The molecular weight excluding hydrogens is 430 g/mol. The molecule has 0 radical (unpaired) electrons. The molecule has 172 valence electrons. The highest BCUT2D eigenvalue weighted by Crippen LogP contribution is 2.23. The Morgan fingerprint density at radius 2 is 1.82 bits per heavy atom. The molecule has 0 saturated carbocycles. The molecule has 0 atom stereocenters. The van der Waals surface area contributed by atoms with Crippen LogP contribution in [0.4, 0.5) is 21.0 Å². The van der Waals surface area contributed by atoms with Gasteiger partial charge >= 0.3 is 12.1 Å². The van der Waals surface area contributed by atoms with E-state index in [9.17, 15) is 9.59 Å². The molecule has 3 N–H and O–H groups in total. The smallest absolute Gasteiger partial charge is 0.410 e. The quantitative estimate of drug-likeness (QED) is 0.526. The zero-order valence-corrected chi connectivity index (χ0v) is 18.8. The number of likely N-dealkylation sites (N-methyl/N-ethyl adjacent to an activating group) is 1. The summed E-state index contributed by atoms with van der Waals surface area (Å²) in [4.78, 5) is 26.8. The maximum absolute atomic E-state index is 12.4. The van der Waals surface area contributed by atoms with Gasteiger partial charge in [0.25, 0.3) is 0 Å². The van der Waals surface area contributed by atoms with E-state index in [0.717, 1.165) is 25.1 Å². The number of fused-ring (bicyclic) bond motifs is 1. The molecule has 3 amide bonds. The predicted molar refractivity (Wildman–Crippen MR) is 130 cm³/mol. The van der Waals surface area contributed by atoms with Gasteiger partial charge in [0.2, 0.25) is 0 Å². The third kappa shape index (κ3) is 6.12. The van der Waals surface area contributed by atoms with Crippen LogP contribution in [0.3, 0.4) is 0 Å². The van der Waals surface area contributed by atoms with Gasteiger partial charge in [0.1, 0.15) is 5.75 Å². The third-order valence-electron chi connectivity index (χ3n) is 5.49. The molecule has 0 unspecified atom stereocenters. The van der Waals surface area contributed by atoms with Crippen molar-refractivity contribution < 1.29 is 14.3 Å². The standard InChI is InChI=1S/C26H25N5O3/c1-31-12-11-20-7-10-24(14-21(20)17-31)34-26(33)30-23-4-2-3-19(13-23)16-28-25(32)29-22-8-5-18(15-27)6-9-22/h2-10,13-14H,11-12,16-17H2,1H3,(H,30,33)(H2,28,29,32). The zero-order valence-electron chi connectivity index (χ0n) is 18.8. The first-order valence-electron chi connectivity index (χ1n) is 10.9. The molecule has 4 rings (SSSR count). The van der Waals surface area contributed by atoms with Crippen molar-refractivity contribution in [3.05, 3.63) is 89.0 Å². The van der Waals surface area contributed by atoms with Gasteiger partial charge in [-0.05, 0) is 78.7 Å². The molecule has 0 fully saturated rings. The molecule has 0 aromatic heterocycles. The van der Waals surface area contributed by atoms with Crippen LogP contribution in [0.1, 0.15) is 22.3 Å². The van der Waals surface area contributed by atoms with Gasteiger partial charge in [-0.2, -0.15) is 5.26 Å². The van der Waals surface area contributed by atoms with E-state index in [1.807, 2.05) is 30.3 Å². The fraction of sp³-hybridized carbons (Fsp3) is 0.192. The van der Waals surface area contributed by atoms with Crippen molar-refractivity contribution in [2.75, 3.05) is 24.2 Å². The Morgan fingerprint density at radius 1 is 1.00 bits per heavy atom. The number of carbonyl (C=O) groups excluding carboxylic acids is 2. The Bertz CT molecular complexity index is 1230. The Kier molecular flexibility index (Phi) is 7.06. The predicted octanol–water partition coefficient (Wildman–Crippen LogP) is 4.48. The summed E-state index contributed by atoms with van der Waals surface area (Å²) in [5.41, 5.74) is 4.94. The summed E-state index contributed by atoms with van der Waals surface area (Å²) in [5.74, 6) is 0.504. The maximum atomic E-state index is 12.4. The van der Waals surface area contributed by atoms with Crippen molar-refractivity contribution >= 4 is 23.5 Å². The van der Waals surface area contributed by atoms with Crippen LogP contribution in [0.2, 0.25) is 0 Å². The molecule has 1 aliphatic heterocycles. The van der Waals surface area contributed by atoms with Crippen LogP contribution in [-0.4, -0.2) is 30.6 Å². The van der Waals surface area contributed by atoms with Crippen LogP contribution in [0.25, 0.3) is 0 Å². The first-order chi connectivity index (χ1) is 16.5. The van der Waals surface area contributed by atoms with Crippen LogP contribution < -0.4 is 20.7 Å². The zero-order chi connectivity index (χ0) is 23.9. The molecule has 8 nitrogen and oxygen atoms in total. The van der Waals surface area contributed by atoms with E-state index in [2.05, 4.69) is 27.9 Å². The fourth-order valence-corrected chi connectivity index (χ4v) is 3.73. The maximum Gasteiger partial charge on any atom is 0.417 e. The van der Waals surface area contributed by atoms with Gasteiger partial charge in [-0.3, -0.25) is 5.32 Å². The lowest BCUT2D eigenvalue weighted by Gasteiger charge is -2.25. The average molecular weight is 456 g/mol. The average Bonchev–Trinajstić information content (AvgIpc) is 2.83. The molecule has 8 heteroatoms. The highest BCUT2D eigenvalue weighted by atomic mass is 16.6. The Balaban J connectivity index is 1.29. The van der Waals surface area contributed by atoms with E-state index in [-0.39, 0.29) is 12.6 Å². The van der Waals surface area contributed by atoms with Gasteiger partial charge in [0, 0.05) is 31.0 Å². The minimum Gasteiger partial charge on any atom is -0.410 e. The number of rotatable bonds is 5. The van der Waals surface area contributed by atoms with Crippen LogP contribution in [-0.2, 0) is 19.5 Å². The van der Waals surface area contributed by atoms with Crippen molar-refractivity contribution in [2.45, 2.75) is 19.5 Å². The minimum absolute atomic E-state index is 0.269. The lowest BCUT2D eigenvalue weighted by molar-refractivity contribution is 0.215. The largest absolute Gasteiger partial charge is 0.417 e. The molecular formula is C26H25N5O3. The molecule has 0 bridgehead atoms. The Hall–Kier alpha value is -4.35. The second-order valence-corrected chi connectivity index (χ2v) is 8.13. The first-order valence-corrected chi connectivity index (χ1v) is 10.9. The van der Waals surface area contributed by atoms with E-state index in [4.69, 9.17) is 10.00 Å². The number of nitrogens with zero attached hydrogens (tertiary/aromatic N) is 2. The van der Waals surface area contributed by atoms with Crippen molar-refractivity contribution in [2.24, 2.45) is 0 Å². The van der Waals surface area contributed by atoms with Crippen molar-refractivity contribution in [3.8, 4) is 11.8 Å². The Morgan fingerprint density at radius 3 is 2.62 bits per heavy atom. The second-order valence-electron chi connectivity index (χ2n) is 8.13. The van der Waals surface area contributed by atoms with Gasteiger partial charge in [0.05, 0.1) is 11.6 Å². The number of nitriles is 1. The molecule has 1 heterocycles. The van der Waals surface area contributed by atoms with E-state index in [0.29, 0.717) is 22.7 Å². The van der Waals surface area contributed by atoms with E-state index < -0.39 is 6.09 Å². The Labute approximate surface area is 198 Å². The van der Waals surface area contributed by atoms with Gasteiger partial charge in [-0.25, -0.2) is 9.59 Å². The summed E-state index contributed by atoms with van der Waals surface area (Å²) < 4.78 is 5.47. The van der Waals surface area contributed by atoms with Crippen molar-refractivity contribution in [3.63, 3.8) is 0 Å². The van der Waals surface area contributed by atoms with Crippen LogP contribution in [0, 0.1) is 11.3 Å². The summed E-state index contributed by atoms with van der Waals surface area (Å²) in [7, 11) is 2.07. The lowest BCUT2D eigenvalue weighted by Crippen LogP contribution is -2.28. The summed E-state index contributed by atoms with van der Waals surface area (Å²) in [6.07, 6.45) is 0.415. The van der Waals surface area contributed by atoms with Gasteiger partial charge < -0.3 is 20.3 Å². The van der Waals surface area contributed by atoms with Crippen LogP contribution >= 0.6 is 0 Å². The molecule has 3 aromatic carbocycles. The topological polar surface area (TPSA) is 106 Å². The summed E-state index contributed by atoms with van der Waals surface area (Å²) >= 11 is 0. The molecule has 34 heavy (non-hydrogen) atoms. The molecule has 0 aliphatic carbocycles. The van der Waals surface area contributed by atoms with E-state index >= 15 is 0 Å². The fourth-order valence-electron chi connectivity index (χ4n) is 3.73. The lowest BCUT2D eigenvalue weighted by atomic mass is 10.00. The van der Waals surface area contributed by atoms with E-state index in [1.165, 1.54) is 11.1 Å². The normalized spacial score (nSPS) is 12.7. The molecule has 0 spiro atoms. The highest BCUT2D eigenvalue weighted by molar-refractivity contribution is 5.89. The van der Waals surface area contributed by atoms with Gasteiger partial charge in [-0.1, -0.05) is 18.2 Å².